The summed E-state index contributed by atoms with van der Waals surface area (Å²) in [6, 6.07) is 9.12. The maximum atomic E-state index is 12.3. The highest BCUT2D eigenvalue weighted by molar-refractivity contribution is 6.30. The van der Waals surface area contributed by atoms with Gasteiger partial charge >= 0.3 is 0 Å². The summed E-state index contributed by atoms with van der Waals surface area (Å²) in [6.45, 7) is 1.32. The van der Waals surface area contributed by atoms with E-state index < -0.39 is 0 Å². The number of carbonyl (C=O) groups excluding carboxylic acids is 1. The molecule has 0 atom stereocenters. The van der Waals surface area contributed by atoms with Crippen molar-refractivity contribution in [2.75, 3.05) is 13.1 Å². The molecule has 0 aliphatic carbocycles. The van der Waals surface area contributed by atoms with Gasteiger partial charge in [-0.25, -0.2) is 0 Å². The Bertz CT molecular complexity index is 648. The first-order valence-electron chi connectivity index (χ1n) is 6.91. The maximum Gasteiger partial charge on any atom is 0.292 e. The van der Waals surface area contributed by atoms with Gasteiger partial charge in [-0.15, -0.1) is 0 Å². The van der Waals surface area contributed by atoms with Crippen LogP contribution in [0.1, 0.15) is 23.4 Å². The lowest BCUT2D eigenvalue weighted by atomic mass is 10.1. The Balaban J connectivity index is 1.77. The van der Waals surface area contributed by atoms with Crippen LogP contribution in [0.2, 0.25) is 5.02 Å². The number of hydrogen-bond donors (Lipinski definition) is 1. The minimum atomic E-state index is -0.136. The second kappa shape index (κ2) is 5.87. The number of rotatable bonds is 2. The number of nitrogens with two attached hydrogens (primary N) is 1. The van der Waals surface area contributed by atoms with Gasteiger partial charge < -0.3 is 15.2 Å². The molecular formula is C15H16ClN3O2. The highest BCUT2D eigenvalue weighted by Crippen LogP contribution is 2.23. The Hall–Kier alpha value is -1.85. The van der Waals surface area contributed by atoms with E-state index in [1.165, 1.54) is 0 Å². The summed E-state index contributed by atoms with van der Waals surface area (Å²) in [7, 11) is 0. The maximum absolute atomic E-state index is 12.3. The second-order valence-electron chi connectivity index (χ2n) is 5.22. The Morgan fingerprint density at radius 2 is 2.10 bits per heavy atom. The molecule has 0 unspecified atom stereocenters. The molecule has 0 spiro atoms. The van der Waals surface area contributed by atoms with Gasteiger partial charge in [0.2, 0.25) is 5.76 Å². The fourth-order valence-electron chi connectivity index (χ4n) is 2.42. The molecule has 110 valence electrons. The number of likely N-dealkylation sites (tertiary alicyclic amines) is 1. The van der Waals surface area contributed by atoms with Gasteiger partial charge in [0.25, 0.3) is 5.91 Å². The lowest BCUT2D eigenvalue weighted by molar-refractivity contribution is 0.0673. The van der Waals surface area contributed by atoms with Crippen LogP contribution in [0, 0.1) is 0 Å². The second-order valence-corrected chi connectivity index (χ2v) is 5.65. The summed E-state index contributed by atoms with van der Waals surface area (Å²) in [4.78, 5) is 14.1. The van der Waals surface area contributed by atoms with Gasteiger partial charge in [0, 0.05) is 35.8 Å². The largest absolute Gasteiger partial charge is 0.350 e. The topological polar surface area (TPSA) is 72.4 Å². The van der Waals surface area contributed by atoms with Crippen LogP contribution >= 0.6 is 11.6 Å². The van der Waals surface area contributed by atoms with Gasteiger partial charge in [0.05, 0.1) is 0 Å². The summed E-state index contributed by atoms with van der Waals surface area (Å²) >= 11 is 5.95. The number of hydrogen-bond acceptors (Lipinski definition) is 4. The van der Waals surface area contributed by atoms with Crippen LogP contribution in [0.15, 0.2) is 34.9 Å². The van der Waals surface area contributed by atoms with E-state index in [1.807, 2.05) is 12.1 Å². The van der Waals surface area contributed by atoms with Crippen molar-refractivity contribution in [2.24, 2.45) is 5.73 Å². The number of aromatic nitrogens is 1. The van der Waals surface area contributed by atoms with Crippen molar-refractivity contribution in [3.05, 3.63) is 41.1 Å². The fraction of sp³-hybridized carbons (Fsp3) is 0.333. The molecule has 6 heteroatoms. The standard InChI is InChI=1S/C15H16ClN3O2/c16-11-3-1-2-10(8-11)13-9-14(21-18-13)15(20)19-6-4-12(17)5-7-19/h1-3,8-9,12H,4-7,17H2. The van der Waals surface area contributed by atoms with E-state index in [4.69, 9.17) is 21.9 Å². The van der Waals surface area contributed by atoms with Gasteiger partial charge in [-0.2, -0.15) is 0 Å². The van der Waals surface area contributed by atoms with Crippen LogP contribution in [0.3, 0.4) is 0 Å². The first kappa shape index (κ1) is 14.1. The van der Waals surface area contributed by atoms with E-state index >= 15 is 0 Å². The zero-order chi connectivity index (χ0) is 14.8. The highest BCUT2D eigenvalue weighted by Gasteiger charge is 2.24. The predicted octanol–water partition coefficient (Wildman–Crippen LogP) is 2.56. The predicted molar refractivity (Wildman–Crippen MR) is 80.1 cm³/mol. The zero-order valence-electron chi connectivity index (χ0n) is 11.5. The summed E-state index contributed by atoms with van der Waals surface area (Å²) in [5, 5.41) is 4.57. The van der Waals surface area contributed by atoms with Crippen LogP contribution in [0.25, 0.3) is 11.3 Å². The first-order valence-corrected chi connectivity index (χ1v) is 7.29. The Morgan fingerprint density at radius 1 is 1.33 bits per heavy atom. The molecule has 2 heterocycles. The van der Waals surface area contributed by atoms with Gasteiger partial charge in [0.15, 0.2) is 0 Å². The van der Waals surface area contributed by atoms with Gasteiger partial charge in [-0.05, 0) is 25.0 Å². The van der Waals surface area contributed by atoms with Crippen molar-refractivity contribution in [1.82, 2.24) is 10.1 Å². The number of nitrogens with zero attached hydrogens (tertiary/aromatic N) is 2. The van der Waals surface area contributed by atoms with E-state index in [9.17, 15) is 4.79 Å². The molecule has 2 N–H and O–H groups in total. The minimum absolute atomic E-state index is 0.136. The smallest absolute Gasteiger partial charge is 0.292 e. The summed E-state index contributed by atoms with van der Waals surface area (Å²) in [5.74, 6) is 0.114. The average molecular weight is 306 g/mol. The first-order chi connectivity index (χ1) is 10.1. The van der Waals surface area contributed by atoms with Crippen LogP contribution in [-0.4, -0.2) is 35.1 Å². The van der Waals surface area contributed by atoms with Gasteiger partial charge in [0.1, 0.15) is 5.69 Å². The Morgan fingerprint density at radius 3 is 2.81 bits per heavy atom. The zero-order valence-corrected chi connectivity index (χ0v) is 12.2. The van der Waals surface area contributed by atoms with E-state index in [-0.39, 0.29) is 17.7 Å². The van der Waals surface area contributed by atoms with Gasteiger partial charge in [-0.3, -0.25) is 4.79 Å². The average Bonchev–Trinajstić information content (AvgIpc) is 2.97. The molecule has 21 heavy (non-hydrogen) atoms. The van der Waals surface area contributed by atoms with E-state index in [0.717, 1.165) is 18.4 Å². The molecule has 1 aliphatic rings. The summed E-state index contributed by atoms with van der Waals surface area (Å²) < 4.78 is 5.19. The molecule has 1 fully saturated rings. The molecule has 0 saturated carbocycles. The lowest BCUT2D eigenvalue weighted by Crippen LogP contribution is -2.42. The normalized spacial score (nSPS) is 16.2. The number of benzene rings is 1. The van der Waals surface area contributed by atoms with Crippen molar-refractivity contribution in [3.63, 3.8) is 0 Å². The number of halogens is 1. The van der Waals surface area contributed by atoms with E-state index in [1.54, 1.807) is 23.1 Å². The van der Waals surface area contributed by atoms with Crippen molar-refractivity contribution >= 4 is 17.5 Å². The van der Waals surface area contributed by atoms with Crippen molar-refractivity contribution in [2.45, 2.75) is 18.9 Å². The monoisotopic (exact) mass is 305 g/mol. The highest BCUT2D eigenvalue weighted by atomic mass is 35.5. The summed E-state index contributed by atoms with van der Waals surface area (Å²) in [5.41, 5.74) is 7.27. The van der Waals surface area contributed by atoms with Crippen LogP contribution in [0.5, 0.6) is 0 Å². The third kappa shape index (κ3) is 3.09. The SMILES string of the molecule is NC1CCN(C(=O)c2cc(-c3cccc(Cl)c3)no2)CC1. The van der Waals surface area contributed by atoms with E-state index in [0.29, 0.717) is 23.8 Å². The summed E-state index contributed by atoms with van der Waals surface area (Å²) in [6.07, 6.45) is 1.64. The van der Waals surface area contributed by atoms with E-state index in [2.05, 4.69) is 5.16 Å². The number of carbonyl (C=O) groups is 1. The molecular weight excluding hydrogens is 290 g/mol. The molecule has 1 amide bonds. The molecule has 1 aromatic heterocycles. The molecule has 0 bridgehead atoms. The van der Waals surface area contributed by atoms with Crippen LogP contribution in [0.4, 0.5) is 0 Å². The molecule has 0 radical (unpaired) electrons. The quantitative estimate of drug-likeness (QED) is 0.925. The minimum Gasteiger partial charge on any atom is -0.350 e. The molecule has 5 nitrogen and oxygen atoms in total. The van der Waals surface area contributed by atoms with Crippen LogP contribution in [-0.2, 0) is 0 Å². The number of amides is 1. The van der Waals surface area contributed by atoms with Crippen LogP contribution < -0.4 is 5.73 Å². The van der Waals surface area contributed by atoms with Gasteiger partial charge in [-0.1, -0.05) is 28.9 Å². The third-order valence-corrected chi connectivity index (χ3v) is 3.90. The molecule has 1 aliphatic heterocycles. The Labute approximate surface area is 127 Å². The lowest BCUT2D eigenvalue weighted by Gasteiger charge is -2.29. The molecule has 1 saturated heterocycles. The van der Waals surface area contributed by atoms with Crippen molar-refractivity contribution in [3.8, 4) is 11.3 Å². The van der Waals surface area contributed by atoms with Crippen molar-refractivity contribution in [1.29, 1.82) is 0 Å². The number of piperidine rings is 1. The fourth-order valence-corrected chi connectivity index (χ4v) is 2.61. The molecule has 2 aromatic rings. The van der Waals surface area contributed by atoms with Crippen molar-refractivity contribution < 1.29 is 9.32 Å². The third-order valence-electron chi connectivity index (χ3n) is 3.67. The molecule has 1 aromatic carbocycles. The molecule has 3 rings (SSSR count). The Kier molecular flexibility index (Phi) is 3.94.